The molecule has 0 aliphatic rings. The van der Waals surface area contributed by atoms with Crippen molar-refractivity contribution in [3.05, 3.63) is 12.8 Å². The first-order chi connectivity index (χ1) is 3.65. The SMILES string of the molecule is C=COF.NC(=O)O. The number of carbonyl (C=O) groups is 1. The Morgan fingerprint density at radius 1 is 2.00 bits per heavy atom. The number of amides is 1. The molecule has 48 valence electrons. The Balaban J connectivity index is 0. The maximum Gasteiger partial charge on any atom is 0.402 e. The van der Waals surface area contributed by atoms with Crippen molar-refractivity contribution in [3.8, 4) is 0 Å². The average molecular weight is 123 g/mol. The first-order valence-corrected chi connectivity index (χ1v) is 1.51. The minimum absolute atomic E-state index is 0.708. The molecule has 4 nitrogen and oxygen atoms in total. The monoisotopic (exact) mass is 123 g/mol. The molecule has 0 spiro atoms. The molecule has 3 N–H and O–H groups in total. The first kappa shape index (κ1) is 9.88. The van der Waals surface area contributed by atoms with Gasteiger partial charge in [0.25, 0.3) is 0 Å². The molecule has 0 saturated heterocycles. The summed E-state index contributed by atoms with van der Waals surface area (Å²) < 4.78 is 10.1. The Hall–Kier alpha value is -1.26. The second-order valence-electron chi connectivity index (χ2n) is 0.594. The zero-order valence-corrected chi connectivity index (χ0v) is 4.00. The molecule has 0 unspecified atom stereocenters. The van der Waals surface area contributed by atoms with E-state index in [1.54, 1.807) is 0 Å². The molecule has 0 fully saturated rings. The van der Waals surface area contributed by atoms with E-state index in [2.05, 4.69) is 17.3 Å². The van der Waals surface area contributed by atoms with Crippen molar-refractivity contribution in [1.29, 1.82) is 0 Å². The largest absolute Gasteiger partial charge is 0.465 e. The lowest BCUT2D eigenvalue weighted by molar-refractivity contribution is -0.0611. The topological polar surface area (TPSA) is 72.5 Å². The Bertz CT molecular complexity index is 70.9. The fourth-order valence-corrected chi connectivity index (χ4v) is 0. The van der Waals surface area contributed by atoms with Gasteiger partial charge in [-0.3, -0.25) is 0 Å². The molecule has 1 amide bonds. The van der Waals surface area contributed by atoms with Crippen LogP contribution in [-0.4, -0.2) is 11.2 Å². The van der Waals surface area contributed by atoms with Crippen LogP contribution < -0.4 is 5.73 Å². The number of nitrogens with two attached hydrogens (primary N) is 1. The summed E-state index contributed by atoms with van der Waals surface area (Å²) in [6.07, 6.45) is -0.625. The Kier molecular flexibility index (Phi) is 11.4. The van der Waals surface area contributed by atoms with E-state index in [-0.39, 0.29) is 0 Å². The van der Waals surface area contributed by atoms with Gasteiger partial charge in [-0.15, -0.1) is 0 Å². The fraction of sp³-hybridized carbons (Fsp3) is 0. The molecule has 0 aromatic carbocycles. The van der Waals surface area contributed by atoms with Gasteiger partial charge < -0.3 is 15.8 Å². The van der Waals surface area contributed by atoms with Crippen LogP contribution in [0, 0.1) is 0 Å². The molecule has 0 aromatic heterocycles. The van der Waals surface area contributed by atoms with Crippen LogP contribution >= 0.6 is 0 Å². The van der Waals surface area contributed by atoms with Crippen molar-refractivity contribution < 1.29 is 19.4 Å². The Morgan fingerprint density at radius 3 is 2.12 bits per heavy atom. The predicted molar refractivity (Wildman–Crippen MR) is 24.6 cm³/mol. The van der Waals surface area contributed by atoms with Crippen LogP contribution in [0.1, 0.15) is 0 Å². The minimum Gasteiger partial charge on any atom is -0.465 e. The fourth-order valence-electron chi connectivity index (χ4n) is 0. The van der Waals surface area contributed by atoms with Gasteiger partial charge in [0, 0.05) is 4.53 Å². The third-order valence-electron chi connectivity index (χ3n) is 0.0630. The van der Waals surface area contributed by atoms with Crippen LogP contribution in [0.4, 0.5) is 9.32 Å². The summed E-state index contributed by atoms with van der Waals surface area (Å²) in [5.74, 6) is 0. The van der Waals surface area contributed by atoms with Gasteiger partial charge in [0.05, 0.1) is 0 Å². The number of carboxylic acid groups (broad SMARTS) is 1. The molecule has 0 aliphatic heterocycles. The van der Waals surface area contributed by atoms with Gasteiger partial charge in [-0.05, 0) is 0 Å². The van der Waals surface area contributed by atoms with Crippen LogP contribution in [0.25, 0.3) is 0 Å². The van der Waals surface area contributed by atoms with Gasteiger partial charge in [0.15, 0.2) is 0 Å². The standard InChI is InChI=1S/C2H3FO.CH3NO2/c1-2-4-3;2-1(3)4/h2H,1H2;2H2,(H,3,4). The van der Waals surface area contributed by atoms with Crippen molar-refractivity contribution in [1.82, 2.24) is 0 Å². The van der Waals surface area contributed by atoms with Crippen LogP contribution in [0.3, 0.4) is 0 Å². The highest BCUT2D eigenvalue weighted by Crippen LogP contribution is 1.63. The molecule has 0 heterocycles. The van der Waals surface area contributed by atoms with E-state index < -0.39 is 6.09 Å². The van der Waals surface area contributed by atoms with Gasteiger partial charge in [-0.25, -0.2) is 4.79 Å². The summed E-state index contributed by atoms with van der Waals surface area (Å²) in [6, 6.07) is 0. The van der Waals surface area contributed by atoms with E-state index in [1.165, 1.54) is 0 Å². The first-order valence-electron chi connectivity index (χ1n) is 1.51. The van der Waals surface area contributed by atoms with Crippen molar-refractivity contribution in [3.63, 3.8) is 0 Å². The molecule has 0 aromatic rings. The number of rotatable bonds is 1. The molecule has 0 aliphatic carbocycles. The number of halogens is 1. The Morgan fingerprint density at radius 2 is 2.12 bits per heavy atom. The lowest BCUT2D eigenvalue weighted by Crippen LogP contribution is -2.03. The molecule has 0 bridgehead atoms. The highest BCUT2D eigenvalue weighted by molar-refractivity contribution is 5.61. The number of primary amides is 1. The molecule has 0 atom stereocenters. The van der Waals surface area contributed by atoms with Gasteiger partial charge >= 0.3 is 6.09 Å². The van der Waals surface area contributed by atoms with Gasteiger partial charge in [0.2, 0.25) is 0 Å². The van der Waals surface area contributed by atoms with Crippen LogP contribution in [0.2, 0.25) is 0 Å². The van der Waals surface area contributed by atoms with Crippen LogP contribution in [0.5, 0.6) is 0 Å². The van der Waals surface area contributed by atoms with E-state index in [0.717, 1.165) is 0 Å². The smallest absolute Gasteiger partial charge is 0.402 e. The van der Waals surface area contributed by atoms with Crippen LogP contribution in [0.15, 0.2) is 12.8 Å². The lowest BCUT2D eigenvalue weighted by atomic mass is 11.2. The lowest BCUT2D eigenvalue weighted by Gasteiger charge is -1.62. The second-order valence-corrected chi connectivity index (χ2v) is 0.594. The maximum atomic E-state index is 10.1. The van der Waals surface area contributed by atoms with E-state index in [4.69, 9.17) is 9.90 Å². The van der Waals surface area contributed by atoms with E-state index in [0.29, 0.717) is 6.26 Å². The van der Waals surface area contributed by atoms with Crippen molar-refractivity contribution >= 4 is 6.09 Å². The number of hydrogen-bond donors (Lipinski definition) is 2. The predicted octanol–water partition coefficient (Wildman–Crippen LogP) is 0.654. The second kappa shape index (κ2) is 9.22. The van der Waals surface area contributed by atoms with E-state index in [9.17, 15) is 4.53 Å². The van der Waals surface area contributed by atoms with E-state index in [1.807, 2.05) is 0 Å². The third-order valence-corrected chi connectivity index (χ3v) is 0.0630. The summed E-state index contributed by atoms with van der Waals surface area (Å²) in [4.78, 5) is 11.6. The Labute approximate surface area is 45.3 Å². The molecular weight excluding hydrogens is 117 g/mol. The molecule has 0 rings (SSSR count). The molecule has 8 heavy (non-hydrogen) atoms. The summed E-state index contributed by atoms with van der Waals surface area (Å²) >= 11 is 0. The van der Waals surface area contributed by atoms with Gasteiger partial charge in [-0.2, -0.15) is 0 Å². The number of hydrogen-bond acceptors (Lipinski definition) is 2. The van der Waals surface area contributed by atoms with Crippen molar-refractivity contribution in [2.45, 2.75) is 0 Å². The normalized spacial score (nSPS) is 5.62. The summed E-state index contributed by atoms with van der Waals surface area (Å²) in [7, 11) is 0. The quantitative estimate of drug-likeness (QED) is 0.503. The van der Waals surface area contributed by atoms with Crippen molar-refractivity contribution in [2.24, 2.45) is 5.73 Å². The van der Waals surface area contributed by atoms with Crippen LogP contribution in [-0.2, 0) is 4.94 Å². The summed E-state index contributed by atoms with van der Waals surface area (Å²) in [5.41, 5.74) is 4.03. The average Bonchev–Trinajstić information content (AvgIpc) is 1.65. The summed E-state index contributed by atoms with van der Waals surface area (Å²) in [6.45, 7) is 2.88. The zero-order valence-electron chi connectivity index (χ0n) is 4.00. The zero-order chi connectivity index (χ0) is 6.99. The third kappa shape index (κ3) is 981. The maximum absolute atomic E-state index is 10.1. The molecule has 0 radical (unpaired) electrons. The van der Waals surface area contributed by atoms with Crippen molar-refractivity contribution in [2.75, 3.05) is 0 Å². The minimum atomic E-state index is -1.33. The van der Waals surface area contributed by atoms with E-state index >= 15 is 0 Å². The highest BCUT2D eigenvalue weighted by Gasteiger charge is 1.65. The highest BCUT2D eigenvalue weighted by atomic mass is 19.3. The van der Waals surface area contributed by atoms with Gasteiger partial charge in [0.1, 0.15) is 6.26 Å². The van der Waals surface area contributed by atoms with Gasteiger partial charge in [-0.1, -0.05) is 6.58 Å². The summed E-state index contributed by atoms with van der Waals surface area (Å²) in [5, 5.41) is 7.19. The molecular formula is C3H6FNO3. The molecule has 5 heteroatoms. The molecule has 0 saturated carbocycles.